The van der Waals surface area contributed by atoms with Gasteiger partial charge in [-0.2, -0.15) is 0 Å². The predicted molar refractivity (Wildman–Crippen MR) is 95.2 cm³/mol. The van der Waals surface area contributed by atoms with Crippen LogP contribution in [0.5, 0.6) is 0 Å². The highest BCUT2D eigenvalue weighted by molar-refractivity contribution is 7.99. The number of rotatable bonds is 8. The van der Waals surface area contributed by atoms with Crippen LogP contribution in [0.1, 0.15) is 18.5 Å². The van der Waals surface area contributed by atoms with Crippen molar-refractivity contribution in [1.29, 1.82) is 0 Å². The first kappa shape index (κ1) is 16.8. The van der Waals surface area contributed by atoms with Crippen molar-refractivity contribution in [3.63, 3.8) is 0 Å². The van der Waals surface area contributed by atoms with Crippen molar-refractivity contribution < 1.29 is 5.11 Å². The predicted octanol–water partition coefficient (Wildman–Crippen LogP) is 4.05. The van der Waals surface area contributed by atoms with Gasteiger partial charge in [0.1, 0.15) is 0 Å². The van der Waals surface area contributed by atoms with E-state index in [0.717, 1.165) is 5.75 Å². The minimum Gasteiger partial charge on any atom is -0.387 e. The molecule has 0 bridgehead atoms. The zero-order valence-corrected chi connectivity index (χ0v) is 13.7. The van der Waals surface area contributed by atoms with Crippen molar-refractivity contribution >= 4 is 11.8 Å². The van der Waals surface area contributed by atoms with E-state index < -0.39 is 6.10 Å². The van der Waals surface area contributed by atoms with Crippen molar-refractivity contribution in [3.05, 3.63) is 78.9 Å². The van der Waals surface area contributed by atoms with E-state index in [-0.39, 0.29) is 12.1 Å². The maximum absolute atomic E-state index is 10.2. The Balaban J connectivity index is 1.98. The minimum absolute atomic E-state index is 0.0436. The Morgan fingerprint density at radius 3 is 2.27 bits per heavy atom. The Morgan fingerprint density at radius 1 is 1.09 bits per heavy atom. The summed E-state index contributed by atoms with van der Waals surface area (Å²) >= 11 is 1.74. The highest BCUT2D eigenvalue weighted by Gasteiger charge is 2.19. The Morgan fingerprint density at radius 2 is 1.68 bits per heavy atom. The maximum atomic E-state index is 10.2. The molecule has 0 heterocycles. The fraction of sp³-hybridized carbons (Fsp3) is 0.263. The normalized spacial score (nSPS) is 15.0. The van der Waals surface area contributed by atoms with E-state index in [1.807, 2.05) is 36.4 Å². The van der Waals surface area contributed by atoms with E-state index in [1.165, 1.54) is 10.5 Å². The van der Waals surface area contributed by atoms with Crippen molar-refractivity contribution in [2.45, 2.75) is 30.0 Å². The monoisotopic (exact) mass is 313 g/mol. The van der Waals surface area contributed by atoms with Gasteiger partial charge in [-0.1, -0.05) is 54.6 Å². The minimum atomic E-state index is -0.567. The van der Waals surface area contributed by atoms with Crippen molar-refractivity contribution in [1.82, 2.24) is 5.32 Å². The van der Waals surface area contributed by atoms with Crippen LogP contribution in [0.4, 0.5) is 0 Å². The molecule has 0 unspecified atom stereocenters. The summed E-state index contributed by atoms with van der Waals surface area (Å²) in [6.07, 6.45) is 1.03. The molecule has 0 saturated carbocycles. The molecule has 0 aliphatic rings. The number of thioether (sulfide) groups is 1. The summed E-state index contributed by atoms with van der Waals surface area (Å²) in [7, 11) is 0. The van der Waals surface area contributed by atoms with Crippen LogP contribution in [-0.4, -0.2) is 23.0 Å². The van der Waals surface area contributed by atoms with E-state index in [4.69, 9.17) is 0 Å². The average molecular weight is 313 g/mol. The van der Waals surface area contributed by atoms with Gasteiger partial charge in [0, 0.05) is 22.7 Å². The number of aliphatic hydroxyl groups is 1. The molecule has 3 heteroatoms. The first-order valence-corrected chi connectivity index (χ1v) is 8.48. The van der Waals surface area contributed by atoms with E-state index in [1.54, 1.807) is 17.8 Å². The van der Waals surface area contributed by atoms with Gasteiger partial charge in [-0.05, 0) is 24.6 Å². The molecule has 0 radical (unpaired) electrons. The van der Waals surface area contributed by atoms with Gasteiger partial charge < -0.3 is 10.4 Å². The fourth-order valence-electron chi connectivity index (χ4n) is 2.27. The number of nitrogens with one attached hydrogen (secondary N) is 1. The van der Waals surface area contributed by atoms with Crippen molar-refractivity contribution in [2.24, 2.45) is 0 Å². The summed E-state index contributed by atoms with van der Waals surface area (Å²) in [5, 5.41) is 13.7. The topological polar surface area (TPSA) is 32.3 Å². The third-order valence-corrected chi connectivity index (χ3v) is 4.72. The smallest absolute Gasteiger partial charge is 0.0879 e. The standard InChI is InChI=1S/C19H23NOS/c1-3-19(21)18(14-22-17-12-8-5-9-13-17)20-15(2)16-10-6-4-7-11-16/h3-13,15,18-21H,1,14H2,2H3/t15-,18-,19+/m0/s1. The van der Waals surface area contributed by atoms with Gasteiger partial charge in [0.05, 0.1) is 6.10 Å². The fourth-order valence-corrected chi connectivity index (χ4v) is 3.29. The van der Waals surface area contributed by atoms with Gasteiger partial charge in [0.2, 0.25) is 0 Å². The molecular formula is C19H23NOS. The lowest BCUT2D eigenvalue weighted by Crippen LogP contribution is -2.42. The lowest BCUT2D eigenvalue weighted by Gasteiger charge is -2.26. The summed E-state index contributed by atoms with van der Waals surface area (Å²) in [4.78, 5) is 1.21. The summed E-state index contributed by atoms with van der Waals surface area (Å²) in [5.41, 5.74) is 1.22. The molecule has 2 nitrogen and oxygen atoms in total. The number of aliphatic hydroxyl groups excluding tert-OH is 1. The summed E-state index contributed by atoms with van der Waals surface area (Å²) in [6.45, 7) is 5.83. The SMILES string of the molecule is C=C[C@@H](O)[C@H](CSc1ccccc1)N[C@@H](C)c1ccccc1. The Bertz CT molecular complexity index is 558. The molecule has 0 amide bonds. The first-order valence-electron chi connectivity index (χ1n) is 7.50. The lowest BCUT2D eigenvalue weighted by molar-refractivity contribution is 0.175. The molecule has 2 aromatic rings. The molecule has 0 aliphatic heterocycles. The third kappa shape index (κ3) is 5.02. The Hall–Kier alpha value is -1.55. The number of benzene rings is 2. The molecule has 0 fully saturated rings. The van der Waals surface area contributed by atoms with Gasteiger partial charge in [0.25, 0.3) is 0 Å². The number of hydrogen-bond acceptors (Lipinski definition) is 3. The van der Waals surface area contributed by atoms with Gasteiger partial charge in [-0.15, -0.1) is 18.3 Å². The van der Waals surface area contributed by atoms with Crippen LogP contribution in [0.3, 0.4) is 0 Å². The molecule has 116 valence electrons. The van der Waals surface area contributed by atoms with Crippen molar-refractivity contribution in [3.8, 4) is 0 Å². The first-order chi connectivity index (χ1) is 10.7. The maximum Gasteiger partial charge on any atom is 0.0879 e. The zero-order valence-electron chi connectivity index (χ0n) is 12.9. The van der Waals surface area contributed by atoms with E-state index in [9.17, 15) is 5.11 Å². The molecule has 0 aromatic heterocycles. The van der Waals surface area contributed by atoms with Gasteiger partial charge in [-0.3, -0.25) is 0 Å². The van der Waals surface area contributed by atoms with Crippen LogP contribution in [-0.2, 0) is 0 Å². The summed E-state index contributed by atoms with van der Waals surface area (Å²) in [5.74, 6) is 0.786. The molecular weight excluding hydrogens is 290 g/mol. The van der Waals surface area contributed by atoms with Gasteiger partial charge >= 0.3 is 0 Å². The molecule has 0 aliphatic carbocycles. The van der Waals surface area contributed by atoms with Crippen LogP contribution >= 0.6 is 11.8 Å². The highest BCUT2D eigenvalue weighted by atomic mass is 32.2. The molecule has 0 spiro atoms. The van der Waals surface area contributed by atoms with E-state index in [0.29, 0.717) is 0 Å². The molecule has 2 N–H and O–H groups in total. The van der Waals surface area contributed by atoms with E-state index >= 15 is 0 Å². The highest BCUT2D eigenvalue weighted by Crippen LogP contribution is 2.21. The largest absolute Gasteiger partial charge is 0.387 e. The molecule has 2 rings (SSSR count). The van der Waals surface area contributed by atoms with Gasteiger partial charge in [0.15, 0.2) is 0 Å². The number of hydrogen-bond donors (Lipinski definition) is 2. The molecule has 0 saturated heterocycles. The van der Waals surface area contributed by atoms with Crippen molar-refractivity contribution in [2.75, 3.05) is 5.75 Å². The summed E-state index contributed by atoms with van der Waals surface area (Å²) in [6, 6.07) is 20.6. The second-order valence-electron chi connectivity index (χ2n) is 5.26. The average Bonchev–Trinajstić information content (AvgIpc) is 2.59. The zero-order chi connectivity index (χ0) is 15.8. The van der Waals surface area contributed by atoms with Crippen LogP contribution in [0, 0.1) is 0 Å². The lowest BCUT2D eigenvalue weighted by atomic mass is 10.1. The second-order valence-corrected chi connectivity index (χ2v) is 6.35. The quantitative estimate of drug-likeness (QED) is 0.570. The molecule has 22 heavy (non-hydrogen) atoms. The van der Waals surface area contributed by atoms with Crippen LogP contribution in [0.15, 0.2) is 78.2 Å². The Kier molecular flexibility index (Phi) is 6.72. The summed E-state index contributed by atoms with van der Waals surface area (Å²) < 4.78 is 0. The van der Waals surface area contributed by atoms with Gasteiger partial charge in [-0.25, -0.2) is 0 Å². The molecule has 3 atom stereocenters. The van der Waals surface area contributed by atoms with Crippen LogP contribution in [0.2, 0.25) is 0 Å². The van der Waals surface area contributed by atoms with Crippen LogP contribution < -0.4 is 5.32 Å². The third-order valence-electron chi connectivity index (χ3n) is 3.59. The van der Waals surface area contributed by atoms with Crippen LogP contribution in [0.25, 0.3) is 0 Å². The Labute approximate surface area is 137 Å². The van der Waals surface area contributed by atoms with E-state index in [2.05, 4.69) is 43.1 Å². The second kappa shape index (κ2) is 8.79. The molecule has 2 aromatic carbocycles.